The first kappa shape index (κ1) is 12.6. The number of benzene rings is 2. The Labute approximate surface area is 102 Å². The van der Waals surface area contributed by atoms with Gasteiger partial charge >= 0.3 is 0 Å². The number of halogens is 4. The average Bonchev–Trinajstić information content (AvgIpc) is 2.35. The van der Waals surface area contributed by atoms with Gasteiger partial charge in [-0.25, -0.2) is 17.6 Å². The zero-order valence-electron chi connectivity index (χ0n) is 9.48. The van der Waals surface area contributed by atoms with Crippen LogP contribution in [0.15, 0.2) is 36.4 Å². The first-order chi connectivity index (χ1) is 8.50. The summed E-state index contributed by atoms with van der Waals surface area (Å²) in [4.78, 5) is 0. The molecule has 0 N–H and O–H groups in total. The van der Waals surface area contributed by atoms with Crippen LogP contribution in [0.1, 0.15) is 18.1 Å². The summed E-state index contributed by atoms with van der Waals surface area (Å²) in [5.74, 6) is -3.64. The Balaban J connectivity index is 2.44. The smallest absolute Gasteiger partial charge is 0.162 e. The molecule has 0 spiro atoms. The van der Waals surface area contributed by atoms with Crippen LogP contribution >= 0.6 is 0 Å². The minimum atomic E-state index is -1.02. The molecule has 0 amide bonds. The van der Waals surface area contributed by atoms with E-state index in [1.54, 1.807) is 0 Å². The van der Waals surface area contributed by atoms with Gasteiger partial charge in [-0.05, 0) is 23.8 Å². The predicted molar refractivity (Wildman–Crippen MR) is 59.8 cm³/mol. The fourth-order valence-corrected chi connectivity index (χ4v) is 1.68. The zero-order valence-corrected chi connectivity index (χ0v) is 9.48. The molecule has 0 unspecified atom stereocenters. The highest BCUT2D eigenvalue weighted by molar-refractivity contribution is 5.45. The highest BCUT2D eigenvalue weighted by Gasteiger charge is 2.17. The first-order valence-electron chi connectivity index (χ1n) is 5.24. The SMILES string of the molecule is C[C](c1ccc(F)c(F)c1)c1cccc(F)c1F. The molecule has 0 heterocycles. The second kappa shape index (κ2) is 4.80. The van der Waals surface area contributed by atoms with Gasteiger partial charge in [0.15, 0.2) is 23.3 Å². The highest BCUT2D eigenvalue weighted by atomic mass is 19.2. The molecule has 18 heavy (non-hydrogen) atoms. The Kier molecular flexibility index (Phi) is 3.36. The van der Waals surface area contributed by atoms with Crippen LogP contribution < -0.4 is 0 Å². The van der Waals surface area contributed by atoms with Gasteiger partial charge in [0.05, 0.1) is 0 Å². The van der Waals surface area contributed by atoms with Crippen molar-refractivity contribution < 1.29 is 17.6 Å². The van der Waals surface area contributed by atoms with Gasteiger partial charge in [0.1, 0.15) is 0 Å². The summed E-state index contributed by atoms with van der Waals surface area (Å²) in [6.45, 7) is 1.52. The Morgan fingerprint density at radius 1 is 0.833 bits per heavy atom. The van der Waals surface area contributed by atoms with Gasteiger partial charge < -0.3 is 0 Å². The molecule has 4 heteroatoms. The molecule has 93 valence electrons. The van der Waals surface area contributed by atoms with Crippen LogP contribution in [0.2, 0.25) is 0 Å². The third-order valence-corrected chi connectivity index (χ3v) is 2.71. The van der Waals surface area contributed by atoms with E-state index in [1.165, 1.54) is 25.1 Å². The standard InChI is InChI=1S/C14H9F4/c1-8(9-5-6-11(15)13(17)7-9)10-3-2-4-12(16)14(10)18/h2-7H,1H3. The lowest BCUT2D eigenvalue weighted by Crippen LogP contribution is -2.03. The summed E-state index contributed by atoms with van der Waals surface area (Å²) < 4.78 is 52.5. The Morgan fingerprint density at radius 3 is 2.22 bits per heavy atom. The van der Waals surface area contributed by atoms with Crippen molar-refractivity contribution in [1.82, 2.24) is 0 Å². The maximum atomic E-state index is 13.6. The van der Waals surface area contributed by atoms with Crippen LogP contribution in [-0.2, 0) is 0 Å². The van der Waals surface area contributed by atoms with E-state index in [4.69, 9.17) is 0 Å². The van der Waals surface area contributed by atoms with Crippen molar-refractivity contribution in [2.75, 3.05) is 0 Å². The van der Waals surface area contributed by atoms with E-state index in [1.807, 2.05) is 0 Å². The summed E-state index contributed by atoms with van der Waals surface area (Å²) in [5.41, 5.74) is 0.333. The van der Waals surface area contributed by atoms with Crippen molar-refractivity contribution in [3.63, 3.8) is 0 Å². The second-order valence-electron chi connectivity index (χ2n) is 3.86. The van der Waals surface area contributed by atoms with Crippen LogP contribution in [0.3, 0.4) is 0 Å². The molecule has 0 nitrogen and oxygen atoms in total. The van der Waals surface area contributed by atoms with Gasteiger partial charge in [0.25, 0.3) is 0 Å². The van der Waals surface area contributed by atoms with Crippen LogP contribution in [0.5, 0.6) is 0 Å². The van der Waals surface area contributed by atoms with Crippen molar-refractivity contribution >= 4 is 0 Å². The summed E-state index contributed by atoms with van der Waals surface area (Å²) in [7, 11) is 0. The average molecular weight is 253 g/mol. The van der Waals surface area contributed by atoms with Gasteiger partial charge in [0.2, 0.25) is 0 Å². The molecule has 2 rings (SSSR count). The maximum Gasteiger partial charge on any atom is 0.162 e. The van der Waals surface area contributed by atoms with Gasteiger partial charge in [-0.15, -0.1) is 0 Å². The number of hydrogen-bond acceptors (Lipinski definition) is 0. The molecule has 0 saturated heterocycles. The lowest BCUT2D eigenvalue weighted by Gasteiger charge is -2.13. The molecule has 0 aliphatic carbocycles. The molecule has 0 aromatic heterocycles. The topological polar surface area (TPSA) is 0 Å². The van der Waals surface area contributed by atoms with Crippen LogP contribution in [0, 0.1) is 29.2 Å². The van der Waals surface area contributed by atoms with E-state index >= 15 is 0 Å². The van der Waals surface area contributed by atoms with Crippen molar-refractivity contribution in [3.05, 3.63) is 76.7 Å². The number of hydrogen-bond donors (Lipinski definition) is 0. The highest BCUT2D eigenvalue weighted by Crippen LogP contribution is 2.27. The lowest BCUT2D eigenvalue weighted by molar-refractivity contribution is 0.501. The van der Waals surface area contributed by atoms with Crippen LogP contribution in [-0.4, -0.2) is 0 Å². The molecule has 0 saturated carbocycles. The molecule has 0 bridgehead atoms. The summed E-state index contributed by atoms with van der Waals surface area (Å²) in [6.07, 6.45) is 0. The Morgan fingerprint density at radius 2 is 1.56 bits per heavy atom. The molecule has 0 aliphatic heterocycles. The van der Waals surface area contributed by atoms with Gasteiger partial charge in [-0.2, -0.15) is 0 Å². The lowest BCUT2D eigenvalue weighted by atomic mass is 9.92. The fourth-order valence-electron chi connectivity index (χ4n) is 1.68. The minimum Gasteiger partial charge on any atom is -0.204 e. The molecule has 2 aromatic carbocycles. The van der Waals surface area contributed by atoms with Gasteiger partial charge in [0, 0.05) is 11.5 Å². The van der Waals surface area contributed by atoms with E-state index in [2.05, 4.69) is 0 Å². The summed E-state index contributed by atoms with van der Waals surface area (Å²) >= 11 is 0. The van der Waals surface area contributed by atoms with Gasteiger partial charge in [-0.1, -0.05) is 25.1 Å². The summed E-state index contributed by atoms with van der Waals surface area (Å²) in [6, 6.07) is 6.96. The van der Waals surface area contributed by atoms with Crippen LogP contribution in [0.4, 0.5) is 17.6 Å². The van der Waals surface area contributed by atoms with E-state index in [0.29, 0.717) is 11.5 Å². The Hall–Kier alpha value is -1.84. The monoisotopic (exact) mass is 253 g/mol. The third kappa shape index (κ3) is 2.23. The van der Waals surface area contributed by atoms with E-state index in [-0.39, 0.29) is 5.56 Å². The maximum absolute atomic E-state index is 13.6. The van der Waals surface area contributed by atoms with E-state index in [9.17, 15) is 17.6 Å². The first-order valence-corrected chi connectivity index (χ1v) is 5.24. The molecule has 2 aromatic rings. The van der Waals surface area contributed by atoms with Crippen molar-refractivity contribution in [1.29, 1.82) is 0 Å². The fraction of sp³-hybridized carbons (Fsp3) is 0.0714. The molecular weight excluding hydrogens is 244 g/mol. The van der Waals surface area contributed by atoms with Crippen molar-refractivity contribution in [2.45, 2.75) is 6.92 Å². The minimum absolute atomic E-state index is 0.0287. The predicted octanol–water partition coefficient (Wildman–Crippen LogP) is 4.23. The molecule has 0 atom stereocenters. The molecule has 1 radical (unpaired) electrons. The largest absolute Gasteiger partial charge is 0.204 e. The molecular formula is C14H9F4. The van der Waals surface area contributed by atoms with Crippen LogP contribution in [0.25, 0.3) is 0 Å². The summed E-state index contributed by atoms with van der Waals surface area (Å²) in [5, 5.41) is 0. The Bertz CT molecular complexity index is 578. The van der Waals surface area contributed by atoms with E-state index in [0.717, 1.165) is 18.2 Å². The zero-order chi connectivity index (χ0) is 13.3. The van der Waals surface area contributed by atoms with E-state index < -0.39 is 23.3 Å². The quantitative estimate of drug-likeness (QED) is 0.702. The molecule has 0 fully saturated rings. The van der Waals surface area contributed by atoms with Crippen molar-refractivity contribution in [3.8, 4) is 0 Å². The number of rotatable bonds is 2. The third-order valence-electron chi connectivity index (χ3n) is 2.71. The second-order valence-corrected chi connectivity index (χ2v) is 3.86. The molecule has 0 aliphatic rings. The normalized spacial score (nSPS) is 11.0. The van der Waals surface area contributed by atoms with Crippen molar-refractivity contribution in [2.24, 2.45) is 0 Å². The van der Waals surface area contributed by atoms with Gasteiger partial charge in [-0.3, -0.25) is 0 Å².